The van der Waals surface area contributed by atoms with Crippen molar-refractivity contribution in [2.24, 2.45) is 0 Å². The Morgan fingerprint density at radius 2 is 2.00 bits per heavy atom. The molecule has 0 heterocycles. The third kappa shape index (κ3) is 4.99. The topological polar surface area (TPSA) is 107 Å². The standard InChI is InChI=1S/C13H16N2O4S/c1-10(2-7-13(16)17)15-20(18,19)12-5-3-11(4-6-12)8-9-14/h3-6,10,15H,2,7-8H2,1H3,(H,16,17). The zero-order valence-electron chi connectivity index (χ0n) is 11.0. The van der Waals surface area contributed by atoms with Crippen molar-refractivity contribution >= 4 is 16.0 Å². The average Bonchev–Trinajstić information content (AvgIpc) is 2.37. The number of nitrogens with zero attached hydrogens (tertiary/aromatic N) is 1. The molecule has 2 N–H and O–H groups in total. The van der Waals surface area contributed by atoms with Gasteiger partial charge in [0.2, 0.25) is 10.0 Å². The first-order chi connectivity index (χ1) is 9.35. The van der Waals surface area contributed by atoms with E-state index in [2.05, 4.69) is 4.72 Å². The predicted molar refractivity (Wildman–Crippen MR) is 72.4 cm³/mol. The van der Waals surface area contributed by atoms with E-state index in [-0.39, 0.29) is 24.2 Å². The summed E-state index contributed by atoms with van der Waals surface area (Å²) in [6, 6.07) is 7.54. The number of benzene rings is 1. The van der Waals surface area contributed by atoms with Crippen LogP contribution in [0.4, 0.5) is 0 Å². The summed E-state index contributed by atoms with van der Waals surface area (Å²) < 4.78 is 26.5. The fourth-order valence-corrected chi connectivity index (χ4v) is 2.89. The number of sulfonamides is 1. The summed E-state index contributed by atoms with van der Waals surface area (Å²) in [6.45, 7) is 1.62. The Bertz CT molecular complexity index is 602. The molecule has 0 amide bonds. The second-order valence-corrected chi connectivity index (χ2v) is 6.15. The molecule has 108 valence electrons. The van der Waals surface area contributed by atoms with Crippen molar-refractivity contribution in [2.75, 3.05) is 0 Å². The SMILES string of the molecule is CC(CCC(=O)O)NS(=O)(=O)c1ccc(CC#N)cc1. The summed E-state index contributed by atoms with van der Waals surface area (Å²) in [5, 5.41) is 17.1. The van der Waals surface area contributed by atoms with E-state index in [9.17, 15) is 13.2 Å². The van der Waals surface area contributed by atoms with Crippen LogP contribution in [-0.4, -0.2) is 25.5 Å². The highest BCUT2D eigenvalue weighted by atomic mass is 32.2. The lowest BCUT2D eigenvalue weighted by molar-refractivity contribution is -0.137. The number of carbonyl (C=O) groups is 1. The van der Waals surface area contributed by atoms with Gasteiger partial charge in [-0.3, -0.25) is 4.79 Å². The monoisotopic (exact) mass is 296 g/mol. The molecule has 0 fully saturated rings. The van der Waals surface area contributed by atoms with Crippen LogP contribution in [0.3, 0.4) is 0 Å². The van der Waals surface area contributed by atoms with E-state index >= 15 is 0 Å². The van der Waals surface area contributed by atoms with Crippen LogP contribution in [0.5, 0.6) is 0 Å². The van der Waals surface area contributed by atoms with E-state index in [0.717, 1.165) is 5.56 Å². The average molecular weight is 296 g/mol. The first-order valence-corrected chi connectivity index (χ1v) is 7.53. The van der Waals surface area contributed by atoms with Gasteiger partial charge in [0.15, 0.2) is 0 Å². The number of aliphatic carboxylic acids is 1. The van der Waals surface area contributed by atoms with Gasteiger partial charge in [-0.05, 0) is 31.0 Å². The second kappa shape index (κ2) is 7.03. The lowest BCUT2D eigenvalue weighted by Crippen LogP contribution is -2.33. The van der Waals surface area contributed by atoms with E-state index in [0.29, 0.717) is 0 Å². The molecule has 0 saturated heterocycles. The molecule has 1 atom stereocenters. The predicted octanol–water partition coefficient (Wildman–Crippen LogP) is 1.28. The Hall–Kier alpha value is -1.91. The molecule has 1 unspecified atom stereocenters. The van der Waals surface area contributed by atoms with Gasteiger partial charge in [-0.1, -0.05) is 12.1 Å². The van der Waals surface area contributed by atoms with E-state index in [1.807, 2.05) is 6.07 Å². The molecule has 0 saturated carbocycles. The van der Waals surface area contributed by atoms with Gasteiger partial charge in [0.25, 0.3) is 0 Å². The Labute approximate surface area is 118 Å². The van der Waals surface area contributed by atoms with Gasteiger partial charge in [0, 0.05) is 12.5 Å². The fourth-order valence-electron chi connectivity index (χ4n) is 1.61. The Balaban J connectivity index is 2.73. The van der Waals surface area contributed by atoms with Crippen LogP contribution < -0.4 is 4.72 Å². The molecule has 0 aromatic heterocycles. The van der Waals surface area contributed by atoms with Crippen molar-refractivity contribution < 1.29 is 18.3 Å². The van der Waals surface area contributed by atoms with Crippen LogP contribution in [0.15, 0.2) is 29.2 Å². The maximum atomic E-state index is 12.0. The van der Waals surface area contributed by atoms with Crippen LogP contribution >= 0.6 is 0 Å². The lowest BCUT2D eigenvalue weighted by Gasteiger charge is -2.13. The molecule has 0 radical (unpaired) electrons. The van der Waals surface area contributed by atoms with Crippen LogP contribution in [0.2, 0.25) is 0 Å². The quantitative estimate of drug-likeness (QED) is 0.788. The van der Waals surface area contributed by atoms with Crippen molar-refractivity contribution in [3.63, 3.8) is 0 Å². The molecule has 1 rings (SSSR count). The minimum atomic E-state index is -3.66. The molecule has 7 heteroatoms. The second-order valence-electron chi connectivity index (χ2n) is 4.43. The molecule has 0 aliphatic carbocycles. The summed E-state index contributed by atoms with van der Waals surface area (Å²) in [5.74, 6) is -0.961. The number of rotatable bonds is 7. The van der Waals surface area contributed by atoms with Crippen molar-refractivity contribution in [3.05, 3.63) is 29.8 Å². The first-order valence-electron chi connectivity index (χ1n) is 6.05. The molecular weight excluding hydrogens is 280 g/mol. The van der Waals surface area contributed by atoms with Gasteiger partial charge >= 0.3 is 5.97 Å². The highest BCUT2D eigenvalue weighted by molar-refractivity contribution is 7.89. The van der Waals surface area contributed by atoms with Gasteiger partial charge in [0.05, 0.1) is 17.4 Å². The Morgan fingerprint density at radius 1 is 1.40 bits per heavy atom. The number of carboxylic acid groups (broad SMARTS) is 1. The van der Waals surface area contributed by atoms with E-state index in [4.69, 9.17) is 10.4 Å². The lowest BCUT2D eigenvalue weighted by atomic mass is 10.2. The Kier molecular flexibility index (Phi) is 5.67. The smallest absolute Gasteiger partial charge is 0.303 e. The first kappa shape index (κ1) is 16.1. The third-order valence-electron chi connectivity index (χ3n) is 2.66. The number of nitriles is 1. The zero-order chi connectivity index (χ0) is 15.2. The van der Waals surface area contributed by atoms with Gasteiger partial charge in [-0.15, -0.1) is 0 Å². The van der Waals surface area contributed by atoms with Crippen molar-refractivity contribution in [1.29, 1.82) is 5.26 Å². The zero-order valence-corrected chi connectivity index (χ0v) is 11.9. The molecule has 0 aliphatic rings. The number of hydrogen-bond donors (Lipinski definition) is 2. The summed E-state index contributed by atoms with van der Waals surface area (Å²) in [4.78, 5) is 10.5. The third-order valence-corrected chi connectivity index (χ3v) is 4.27. The summed E-state index contributed by atoms with van der Waals surface area (Å²) in [6.07, 6.45) is 0.356. The molecule has 0 bridgehead atoms. The molecule has 1 aromatic rings. The molecule has 0 aliphatic heterocycles. The van der Waals surface area contributed by atoms with Crippen LogP contribution in [-0.2, 0) is 21.2 Å². The number of carboxylic acids is 1. The maximum absolute atomic E-state index is 12.0. The largest absolute Gasteiger partial charge is 0.481 e. The van der Waals surface area contributed by atoms with E-state index in [1.165, 1.54) is 12.1 Å². The van der Waals surface area contributed by atoms with Crippen LogP contribution in [0, 0.1) is 11.3 Å². The van der Waals surface area contributed by atoms with Gasteiger partial charge in [0.1, 0.15) is 0 Å². The minimum absolute atomic E-state index is 0.0925. The van der Waals surface area contributed by atoms with Gasteiger partial charge in [-0.2, -0.15) is 5.26 Å². The van der Waals surface area contributed by atoms with Crippen LogP contribution in [0.25, 0.3) is 0 Å². The fraction of sp³-hybridized carbons (Fsp3) is 0.385. The maximum Gasteiger partial charge on any atom is 0.303 e. The number of nitrogens with one attached hydrogen (secondary N) is 1. The van der Waals surface area contributed by atoms with Crippen molar-refractivity contribution in [3.8, 4) is 6.07 Å². The number of hydrogen-bond acceptors (Lipinski definition) is 4. The minimum Gasteiger partial charge on any atom is -0.481 e. The normalized spacial score (nSPS) is 12.6. The van der Waals surface area contributed by atoms with Crippen LogP contribution in [0.1, 0.15) is 25.3 Å². The van der Waals surface area contributed by atoms with Gasteiger partial charge < -0.3 is 5.11 Å². The molecule has 1 aromatic carbocycles. The molecule has 6 nitrogen and oxygen atoms in total. The summed E-state index contributed by atoms with van der Waals surface area (Å²) >= 11 is 0. The van der Waals surface area contributed by atoms with E-state index in [1.54, 1.807) is 19.1 Å². The molecule has 0 spiro atoms. The molecule has 20 heavy (non-hydrogen) atoms. The van der Waals surface area contributed by atoms with Crippen molar-refractivity contribution in [1.82, 2.24) is 4.72 Å². The summed E-state index contributed by atoms with van der Waals surface area (Å²) in [5.41, 5.74) is 0.741. The Morgan fingerprint density at radius 3 is 2.50 bits per heavy atom. The highest BCUT2D eigenvalue weighted by Crippen LogP contribution is 2.12. The van der Waals surface area contributed by atoms with E-state index < -0.39 is 22.0 Å². The summed E-state index contributed by atoms with van der Waals surface area (Å²) in [7, 11) is -3.66. The molecular formula is C13H16N2O4S. The van der Waals surface area contributed by atoms with Crippen molar-refractivity contribution in [2.45, 2.75) is 37.1 Å². The van der Waals surface area contributed by atoms with Gasteiger partial charge in [-0.25, -0.2) is 13.1 Å². The highest BCUT2D eigenvalue weighted by Gasteiger charge is 2.17.